The van der Waals surface area contributed by atoms with E-state index in [1.54, 1.807) is 31.4 Å². The fraction of sp³-hybridized carbons (Fsp3) is 0.452. The van der Waals surface area contributed by atoms with Crippen LogP contribution in [0.1, 0.15) is 29.4 Å². The first-order valence-electron chi connectivity index (χ1n) is 14.0. The maximum atomic E-state index is 13.6. The van der Waals surface area contributed by atoms with Crippen molar-refractivity contribution < 1.29 is 37.7 Å². The summed E-state index contributed by atoms with van der Waals surface area (Å²) in [5, 5.41) is 26.5. The number of benzene rings is 2. The molecular formula is C31H37F3N4O5. The van der Waals surface area contributed by atoms with Crippen molar-refractivity contribution >= 4 is 28.2 Å². The van der Waals surface area contributed by atoms with E-state index >= 15 is 0 Å². The van der Waals surface area contributed by atoms with Gasteiger partial charge in [0.2, 0.25) is 0 Å². The minimum atomic E-state index is -4.45. The summed E-state index contributed by atoms with van der Waals surface area (Å²) in [5.74, 6) is 5.23. The SMILES string of the molecule is COCC(O)CN1CCC(Nc2cccc3c2cc(C#CCNc2ccc(C(=O)O)cc2OC)n3CC(F)(F)F)C(C)C1. The van der Waals surface area contributed by atoms with Crippen LogP contribution in [0, 0.1) is 17.8 Å². The summed E-state index contributed by atoms with van der Waals surface area (Å²) < 4.78 is 52.3. The van der Waals surface area contributed by atoms with Gasteiger partial charge in [-0.1, -0.05) is 18.9 Å². The van der Waals surface area contributed by atoms with Gasteiger partial charge >= 0.3 is 12.1 Å². The number of hydrogen-bond acceptors (Lipinski definition) is 7. The first-order valence-corrected chi connectivity index (χ1v) is 14.0. The molecule has 3 unspecified atom stereocenters. The molecule has 3 atom stereocenters. The Morgan fingerprint density at radius 3 is 2.65 bits per heavy atom. The van der Waals surface area contributed by atoms with Crippen LogP contribution < -0.4 is 15.4 Å². The molecule has 1 aromatic heterocycles. The highest BCUT2D eigenvalue weighted by Crippen LogP contribution is 2.32. The van der Waals surface area contributed by atoms with Crippen molar-refractivity contribution in [3.63, 3.8) is 0 Å². The van der Waals surface area contributed by atoms with Crippen LogP contribution in [0.2, 0.25) is 0 Å². The Bertz CT molecular complexity index is 1480. The van der Waals surface area contributed by atoms with Gasteiger partial charge in [0.05, 0.1) is 48.8 Å². The number of alkyl halides is 3. The molecule has 0 spiro atoms. The van der Waals surface area contributed by atoms with Crippen LogP contribution in [0.3, 0.4) is 0 Å². The van der Waals surface area contributed by atoms with Crippen LogP contribution in [0.4, 0.5) is 24.5 Å². The molecule has 1 aliphatic rings. The van der Waals surface area contributed by atoms with Crippen LogP contribution in [-0.4, -0.2) is 91.0 Å². The molecule has 0 aliphatic carbocycles. The number of nitrogens with zero attached hydrogens (tertiary/aromatic N) is 2. The number of anilines is 2. The third kappa shape index (κ3) is 8.34. The van der Waals surface area contributed by atoms with Crippen molar-refractivity contribution in [1.29, 1.82) is 0 Å². The van der Waals surface area contributed by atoms with E-state index in [1.807, 2.05) is 6.07 Å². The molecule has 4 N–H and O–H groups in total. The van der Waals surface area contributed by atoms with E-state index in [-0.39, 0.29) is 36.4 Å². The van der Waals surface area contributed by atoms with Gasteiger partial charge in [0.1, 0.15) is 12.3 Å². The number of piperidine rings is 1. The molecule has 4 rings (SSSR count). The van der Waals surface area contributed by atoms with Crippen molar-refractivity contribution in [3.05, 3.63) is 53.7 Å². The number of aromatic carboxylic acids is 1. The van der Waals surface area contributed by atoms with Crippen LogP contribution in [0.25, 0.3) is 10.9 Å². The third-order valence-electron chi connectivity index (χ3n) is 7.47. The standard InChI is InChI=1S/C31H37F3N4O5/c1-20-16-37(17-23(39)18-42-2)13-11-25(20)36-26-7-4-8-28-24(26)15-22(38(28)19-31(32,33)34)6-5-12-35-27-10-9-21(30(40)41)14-29(27)43-3/h4,7-10,14-15,20,23,25,35-36,39H,11-13,16-19H2,1-3H3,(H,40,41). The maximum Gasteiger partial charge on any atom is 0.406 e. The van der Waals surface area contributed by atoms with Crippen molar-refractivity contribution in [3.8, 4) is 17.6 Å². The minimum absolute atomic E-state index is 0.0652. The lowest BCUT2D eigenvalue weighted by Gasteiger charge is -2.38. The van der Waals surface area contributed by atoms with Gasteiger partial charge < -0.3 is 39.8 Å². The number of rotatable bonds is 11. The maximum absolute atomic E-state index is 13.6. The van der Waals surface area contributed by atoms with E-state index in [2.05, 4.69) is 34.3 Å². The number of aliphatic hydroxyl groups excluding tert-OH is 1. The van der Waals surface area contributed by atoms with Crippen LogP contribution in [0.15, 0.2) is 42.5 Å². The minimum Gasteiger partial charge on any atom is -0.495 e. The molecular weight excluding hydrogens is 565 g/mol. The van der Waals surface area contributed by atoms with Gasteiger partial charge in [-0.2, -0.15) is 13.2 Å². The zero-order valence-electron chi connectivity index (χ0n) is 24.4. The topological polar surface area (TPSA) is 108 Å². The number of β-amino-alcohol motifs (C(OH)–C–C–N with tert-alkyl or cyclic N) is 1. The van der Waals surface area contributed by atoms with Crippen LogP contribution in [0.5, 0.6) is 5.75 Å². The van der Waals surface area contributed by atoms with Gasteiger partial charge in [-0.05, 0) is 54.7 Å². The second-order valence-electron chi connectivity index (χ2n) is 10.7. The molecule has 1 aliphatic heterocycles. The summed E-state index contributed by atoms with van der Waals surface area (Å²) in [6.07, 6.45) is -4.19. The molecule has 0 amide bonds. The van der Waals surface area contributed by atoms with E-state index in [1.165, 1.54) is 23.8 Å². The molecule has 9 nitrogen and oxygen atoms in total. The fourth-order valence-electron chi connectivity index (χ4n) is 5.46. The highest BCUT2D eigenvalue weighted by Gasteiger charge is 2.31. The lowest BCUT2D eigenvalue weighted by atomic mass is 9.93. The smallest absolute Gasteiger partial charge is 0.406 e. The number of likely N-dealkylation sites (tertiary alicyclic amines) is 1. The number of aliphatic hydroxyl groups is 1. The summed E-state index contributed by atoms with van der Waals surface area (Å²) >= 11 is 0. The van der Waals surface area contributed by atoms with E-state index < -0.39 is 24.8 Å². The predicted molar refractivity (Wildman–Crippen MR) is 159 cm³/mol. The lowest BCUT2D eigenvalue weighted by molar-refractivity contribution is -0.140. The Hall–Kier alpha value is -3.92. The Morgan fingerprint density at radius 2 is 1.98 bits per heavy atom. The predicted octanol–water partition coefficient (Wildman–Crippen LogP) is 4.50. The number of hydrogen-bond donors (Lipinski definition) is 4. The number of carbonyl (C=O) groups is 1. The Balaban J connectivity index is 1.53. The molecule has 1 fully saturated rings. The van der Waals surface area contributed by atoms with E-state index in [9.17, 15) is 28.2 Å². The van der Waals surface area contributed by atoms with Gasteiger partial charge in [0.15, 0.2) is 0 Å². The van der Waals surface area contributed by atoms with Crippen molar-refractivity contribution in [2.75, 3.05) is 57.6 Å². The molecule has 0 bridgehead atoms. The average Bonchev–Trinajstić information content (AvgIpc) is 3.29. The van der Waals surface area contributed by atoms with E-state index in [0.717, 1.165) is 25.2 Å². The van der Waals surface area contributed by atoms with Crippen LogP contribution >= 0.6 is 0 Å². The molecule has 12 heteroatoms. The van der Waals surface area contributed by atoms with Gasteiger partial charge in [0.25, 0.3) is 0 Å². The summed E-state index contributed by atoms with van der Waals surface area (Å²) in [5.41, 5.74) is 1.98. The monoisotopic (exact) mass is 602 g/mol. The van der Waals surface area contributed by atoms with Gasteiger partial charge in [-0.3, -0.25) is 0 Å². The van der Waals surface area contributed by atoms with E-state index in [0.29, 0.717) is 28.9 Å². The number of methoxy groups -OCH3 is 2. The Morgan fingerprint density at radius 1 is 1.19 bits per heavy atom. The molecule has 0 saturated carbocycles. The first-order chi connectivity index (χ1) is 20.5. The zero-order chi connectivity index (χ0) is 31.1. The Labute approximate surface area is 248 Å². The Kier molecular flexibility index (Phi) is 10.4. The largest absolute Gasteiger partial charge is 0.495 e. The van der Waals surface area contributed by atoms with Crippen molar-refractivity contribution in [2.45, 2.75) is 38.2 Å². The van der Waals surface area contributed by atoms with Gasteiger partial charge in [-0.25, -0.2) is 4.79 Å². The molecule has 232 valence electrons. The number of halogens is 3. The molecule has 1 saturated heterocycles. The average molecular weight is 603 g/mol. The van der Waals surface area contributed by atoms with E-state index in [4.69, 9.17) is 9.47 Å². The van der Waals surface area contributed by atoms with Crippen LogP contribution in [-0.2, 0) is 11.3 Å². The first kappa shape index (κ1) is 32.0. The van der Waals surface area contributed by atoms with Crippen molar-refractivity contribution in [1.82, 2.24) is 9.47 Å². The summed E-state index contributed by atoms with van der Waals surface area (Å²) in [6.45, 7) is 3.39. The highest BCUT2D eigenvalue weighted by atomic mass is 19.4. The third-order valence-corrected chi connectivity index (χ3v) is 7.47. The van der Waals surface area contributed by atoms with Gasteiger partial charge in [-0.15, -0.1) is 0 Å². The lowest BCUT2D eigenvalue weighted by Crippen LogP contribution is -2.48. The summed E-state index contributed by atoms with van der Waals surface area (Å²) in [4.78, 5) is 13.4. The number of ether oxygens (including phenoxy) is 2. The molecule has 0 radical (unpaired) electrons. The second-order valence-corrected chi connectivity index (χ2v) is 10.7. The normalized spacial score (nSPS) is 18.1. The molecule has 43 heavy (non-hydrogen) atoms. The number of carboxylic acid groups (broad SMARTS) is 1. The zero-order valence-corrected chi connectivity index (χ0v) is 24.4. The summed E-state index contributed by atoms with van der Waals surface area (Å²) in [7, 11) is 2.97. The highest BCUT2D eigenvalue weighted by molar-refractivity contribution is 5.94. The molecule has 2 heterocycles. The number of aromatic nitrogens is 1. The molecule has 2 aromatic carbocycles. The molecule has 3 aromatic rings. The number of fused-ring (bicyclic) bond motifs is 1. The number of carboxylic acids is 1. The fourth-order valence-corrected chi connectivity index (χ4v) is 5.46. The quantitative estimate of drug-likeness (QED) is 0.238. The second kappa shape index (κ2) is 14.0. The number of nitrogens with one attached hydrogen (secondary N) is 2. The summed E-state index contributed by atoms with van der Waals surface area (Å²) in [6, 6.07) is 11.4. The van der Waals surface area contributed by atoms with Gasteiger partial charge in [0, 0.05) is 43.9 Å². The van der Waals surface area contributed by atoms with Crippen molar-refractivity contribution in [2.24, 2.45) is 5.92 Å².